The number of ether oxygens (including phenoxy) is 2. The van der Waals surface area contributed by atoms with Crippen LogP contribution in [-0.4, -0.2) is 49.5 Å². The molecule has 0 unspecified atom stereocenters. The van der Waals surface area contributed by atoms with Gasteiger partial charge in [-0.15, -0.1) is 0 Å². The van der Waals surface area contributed by atoms with Crippen molar-refractivity contribution in [2.75, 3.05) is 39.5 Å². The first-order valence-electron chi connectivity index (χ1n) is 6.48. The number of fused-ring (bicyclic) bond motifs is 1. The van der Waals surface area contributed by atoms with Crippen LogP contribution in [-0.2, 0) is 6.42 Å². The molecule has 2 aliphatic rings. The van der Waals surface area contributed by atoms with Crippen LogP contribution >= 0.6 is 0 Å². The number of hydrogen-bond acceptors (Lipinski definition) is 5. The summed E-state index contributed by atoms with van der Waals surface area (Å²) in [5.74, 6) is -0.640. The van der Waals surface area contributed by atoms with Crippen LogP contribution in [0.1, 0.15) is 5.56 Å². The predicted octanol–water partition coefficient (Wildman–Crippen LogP) is 0.708. The lowest BCUT2D eigenvalue weighted by Gasteiger charge is -2.27. The first kappa shape index (κ1) is 12.5. The molecule has 6 heteroatoms. The lowest BCUT2D eigenvalue weighted by Crippen LogP contribution is -2.44. The number of benzene rings is 1. The van der Waals surface area contributed by atoms with Crippen molar-refractivity contribution >= 4 is 0 Å². The van der Waals surface area contributed by atoms with Gasteiger partial charge in [0, 0.05) is 38.3 Å². The quantitative estimate of drug-likeness (QED) is 0.845. The SMILES string of the molecule is Oc1c(CCN2CCNCC2)cc2c(c1F)OCO2. The zero-order valence-corrected chi connectivity index (χ0v) is 10.6. The summed E-state index contributed by atoms with van der Waals surface area (Å²) in [7, 11) is 0. The lowest BCUT2D eigenvalue weighted by molar-refractivity contribution is 0.170. The highest BCUT2D eigenvalue weighted by molar-refractivity contribution is 5.52. The molecule has 3 rings (SSSR count). The zero-order valence-electron chi connectivity index (χ0n) is 10.6. The van der Waals surface area contributed by atoms with Gasteiger partial charge in [-0.2, -0.15) is 4.39 Å². The summed E-state index contributed by atoms with van der Waals surface area (Å²) in [5.41, 5.74) is 0.570. The Bertz CT molecular complexity index is 475. The molecule has 0 aromatic heterocycles. The van der Waals surface area contributed by atoms with Crippen molar-refractivity contribution in [3.63, 3.8) is 0 Å². The smallest absolute Gasteiger partial charge is 0.231 e. The van der Waals surface area contributed by atoms with E-state index in [1.807, 2.05) is 0 Å². The van der Waals surface area contributed by atoms with Gasteiger partial charge < -0.3 is 24.8 Å². The Morgan fingerprint density at radius 3 is 2.89 bits per heavy atom. The van der Waals surface area contributed by atoms with Gasteiger partial charge in [-0.25, -0.2) is 0 Å². The molecule has 0 bridgehead atoms. The minimum Gasteiger partial charge on any atom is -0.505 e. The zero-order chi connectivity index (χ0) is 13.2. The van der Waals surface area contributed by atoms with Crippen LogP contribution in [0.2, 0.25) is 0 Å². The normalized spacial score (nSPS) is 18.8. The monoisotopic (exact) mass is 268 g/mol. The van der Waals surface area contributed by atoms with Gasteiger partial charge in [0.15, 0.2) is 11.5 Å². The summed E-state index contributed by atoms with van der Waals surface area (Å²) in [6, 6.07) is 1.67. The number of nitrogens with zero attached hydrogens (tertiary/aromatic N) is 1. The summed E-state index contributed by atoms with van der Waals surface area (Å²) in [5, 5.41) is 13.1. The van der Waals surface area contributed by atoms with Crippen LogP contribution in [0, 0.1) is 5.82 Å². The van der Waals surface area contributed by atoms with Crippen LogP contribution in [0.25, 0.3) is 0 Å². The largest absolute Gasteiger partial charge is 0.505 e. The van der Waals surface area contributed by atoms with E-state index in [1.165, 1.54) is 0 Å². The summed E-state index contributed by atoms with van der Waals surface area (Å²) in [6.45, 7) is 4.71. The number of rotatable bonds is 3. The van der Waals surface area contributed by atoms with Crippen LogP contribution in [0.15, 0.2) is 6.07 Å². The molecule has 0 spiro atoms. The second-order valence-corrected chi connectivity index (χ2v) is 4.77. The number of nitrogens with one attached hydrogen (secondary N) is 1. The van der Waals surface area contributed by atoms with E-state index >= 15 is 0 Å². The summed E-state index contributed by atoms with van der Waals surface area (Å²) in [4.78, 5) is 2.29. The summed E-state index contributed by atoms with van der Waals surface area (Å²) >= 11 is 0. The molecule has 1 fully saturated rings. The van der Waals surface area contributed by atoms with E-state index in [4.69, 9.17) is 9.47 Å². The highest BCUT2D eigenvalue weighted by Gasteiger charge is 2.24. The molecule has 2 aliphatic heterocycles. The third-order valence-electron chi connectivity index (χ3n) is 3.57. The van der Waals surface area contributed by atoms with E-state index in [9.17, 15) is 9.50 Å². The Balaban J connectivity index is 1.72. The Morgan fingerprint density at radius 1 is 1.32 bits per heavy atom. The second kappa shape index (κ2) is 5.22. The van der Waals surface area contributed by atoms with Crippen molar-refractivity contribution in [1.82, 2.24) is 10.2 Å². The molecular weight excluding hydrogens is 251 g/mol. The number of phenolic OH excluding ortho intramolecular Hbond substituents is 1. The molecule has 0 saturated carbocycles. The fourth-order valence-corrected chi connectivity index (χ4v) is 2.45. The van der Waals surface area contributed by atoms with Crippen molar-refractivity contribution < 1.29 is 19.0 Å². The molecule has 0 amide bonds. The van der Waals surface area contributed by atoms with Crippen molar-refractivity contribution in [1.29, 1.82) is 0 Å². The number of hydrogen-bond donors (Lipinski definition) is 2. The molecule has 2 N–H and O–H groups in total. The number of halogens is 1. The molecule has 0 atom stereocenters. The predicted molar refractivity (Wildman–Crippen MR) is 67.2 cm³/mol. The molecule has 1 aromatic rings. The maximum absolute atomic E-state index is 13.9. The minimum absolute atomic E-state index is 0.00689. The molecule has 19 heavy (non-hydrogen) atoms. The molecule has 104 valence electrons. The van der Waals surface area contributed by atoms with Gasteiger partial charge in [0.25, 0.3) is 0 Å². The fourth-order valence-electron chi connectivity index (χ4n) is 2.45. The second-order valence-electron chi connectivity index (χ2n) is 4.77. The number of phenols is 1. The van der Waals surface area contributed by atoms with Crippen LogP contribution in [0.5, 0.6) is 17.2 Å². The van der Waals surface area contributed by atoms with Crippen molar-refractivity contribution in [3.8, 4) is 17.2 Å². The van der Waals surface area contributed by atoms with Gasteiger partial charge in [0.05, 0.1) is 0 Å². The first-order valence-corrected chi connectivity index (χ1v) is 6.48. The maximum Gasteiger partial charge on any atom is 0.231 e. The highest BCUT2D eigenvalue weighted by Crippen LogP contribution is 2.41. The lowest BCUT2D eigenvalue weighted by atomic mass is 10.1. The van der Waals surface area contributed by atoms with Crippen LogP contribution in [0.4, 0.5) is 4.39 Å². The van der Waals surface area contributed by atoms with Gasteiger partial charge in [0.1, 0.15) is 0 Å². The van der Waals surface area contributed by atoms with Gasteiger partial charge in [-0.3, -0.25) is 0 Å². The molecule has 1 saturated heterocycles. The molecule has 0 radical (unpaired) electrons. The van der Waals surface area contributed by atoms with Crippen molar-refractivity contribution in [3.05, 3.63) is 17.4 Å². The molecule has 5 nitrogen and oxygen atoms in total. The Kier molecular flexibility index (Phi) is 3.44. The minimum atomic E-state index is -0.717. The van der Waals surface area contributed by atoms with Gasteiger partial charge in [0.2, 0.25) is 18.4 Å². The summed E-state index contributed by atoms with van der Waals surface area (Å²) in [6.07, 6.45) is 0.597. The van der Waals surface area contributed by atoms with Gasteiger partial charge in [-0.05, 0) is 12.5 Å². The van der Waals surface area contributed by atoms with Gasteiger partial charge in [-0.1, -0.05) is 0 Å². The third kappa shape index (κ3) is 2.46. The average Bonchev–Trinajstić information content (AvgIpc) is 2.91. The van der Waals surface area contributed by atoms with Gasteiger partial charge >= 0.3 is 0 Å². The van der Waals surface area contributed by atoms with E-state index in [1.54, 1.807) is 6.07 Å². The van der Waals surface area contributed by atoms with Crippen molar-refractivity contribution in [2.45, 2.75) is 6.42 Å². The van der Waals surface area contributed by atoms with Crippen LogP contribution in [0.3, 0.4) is 0 Å². The Hall–Kier alpha value is -1.53. The van der Waals surface area contributed by atoms with E-state index < -0.39 is 5.82 Å². The maximum atomic E-state index is 13.9. The molecule has 1 aromatic carbocycles. The van der Waals surface area contributed by atoms with Crippen LogP contribution < -0.4 is 14.8 Å². The molecular formula is C13H17FN2O3. The molecule has 0 aliphatic carbocycles. The number of piperazine rings is 1. The van der Waals surface area contributed by atoms with E-state index in [2.05, 4.69) is 10.2 Å². The number of aromatic hydroxyl groups is 1. The highest BCUT2D eigenvalue weighted by atomic mass is 19.1. The Labute approximate surface area is 110 Å². The standard InChI is InChI=1S/C13H17FN2O3/c14-11-12(17)9(7-10-13(11)19-8-18-10)1-4-16-5-2-15-3-6-16/h7,15,17H,1-6,8H2. The fraction of sp³-hybridized carbons (Fsp3) is 0.538. The third-order valence-corrected chi connectivity index (χ3v) is 3.57. The van der Waals surface area contributed by atoms with E-state index in [-0.39, 0.29) is 18.3 Å². The van der Waals surface area contributed by atoms with E-state index in [0.29, 0.717) is 17.7 Å². The Morgan fingerprint density at radius 2 is 2.11 bits per heavy atom. The van der Waals surface area contributed by atoms with E-state index in [0.717, 1.165) is 32.7 Å². The first-order chi connectivity index (χ1) is 9.25. The average molecular weight is 268 g/mol. The summed E-state index contributed by atoms with van der Waals surface area (Å²) < 4.78 is 24.0. The van der Waals surface area contributed by atoms with Crippen molar-refractivity contribution in [2.24, 2.45) is 0 Å². The molecule has 2 heterocycles. The topological polar surface area (TPSA) is 54.0 Å².